The van der Waals surface area contributed by atoms with E-state index in [1.165, 1.54) is 6.42 Å². The number of nitrogens with one attached hydrogen (secondary N) is 1. The number of anilines is 1. The number of benzene rings is 1. The lowest BCUT2D eigenvalue weighted by Gasteiger charge is -2.23. The van der Waals surface area contributed by atoms with E-state index in [9.17, 15) is 9.90 Å². The molecule has 1 aromatic rings. The molecule has 1 fully saturated rings. The van der Waals surface area contributed by atoms with Crippen LogP contribution >= 0.6 is 0 Å². The molecular formula is C16H24N2O2. The molecule has 0 aliphatic carbocycles. The van der Waals surface area contributed by atoms with Crippen LogP contribution in [0.1, 0.15) is 31.7 Å². The van der Waals surface area contributed by atoms with Gasteiger partial charge in [-0.25, -0.2) is 0 Å². The number of phenols is 1. The van der Waals surface area contributed by atoms with E-state index in [1.54, 1.807) is 17.0 Å². The van der Waals surface area contributed by atoms with Gasteiger partial charge in [0, 0.05) is 19.0 Å². The lowest BCUT2D eigenvalue weighted by molar-refractivity contribution is -0.118. The number of rotatable bonds is 5. The molecule has 0 aromatic heterocycles. The quantitative estimate of drug-likeness (QED) is 0.868. The number of amides is 1. The zero-order valence-corrected chi connectivity index (χ0v) is 12.4. The van der Waals surface area contributed by atoms with Crippen molar-refractivity contribution >= 4 is 11.6 Å². The highest BCUT2D eigenvalue weighted by Gasteiger charge is 2.20. The Morgan fingerprint density at radius 2 is 2.30 bits per heavy atom. The van der Waals surface area contributed by atoms with E-state index < -0.39 is 0 Å². The molecule has 20 heavy (non-hydrogen) atoms. The van der Waals surface area contributed by atoms with Crippen molar-refractivity contribution in [1.29, 1.82) is 0 Å². The maximum atomic E-state index is 12.4. The second kappa shape index (κ2) is 6.75. The van der Waals surface area contributed by atoms with Gasteiger partial charge in [0.25, 0.3) is 0 Å². The first-order valence-electron chi connectivity index (χ1n) is 7.42. The summed E-state index contributed by atoms with van der Waals surface area (Å²) in [7, 11) is 0. The molecule has 2 rings (SSSR count). The summed E-state index contributed by atoms with van der Waals surface area (Å²) in [6.07, 6.45) is 2.69. The minimum absolute atomic E-state index is 0.146. The van der Waals surface area contributed by atoms with Crippen LogP contribution in [-0.4, -0.2) is 30.6 Å². The number of phenolic OH excluding ortho intramolecular Hbond substituents is 1. The second-order valence-corrected chi connectivity index (χ2v) is 5.51. The van der Waals surface area contributed by atoms with Gasteiger partial charge in [-0.1, -0.05) is 6.07 Å². The maximum Gasteiger partial charge on any atom is 0.226 e. The molecule has 4 heteroatoms. The van der Waals surface area contributed by atoms with E-state index in [-0.39, 0.29) is 11.7 Å². The maximum absolute atomic E-state index is 12.4. The molecule has 0 spiro atoms. The highest BCUT2D eigenvalue weighted by Crippen LogP contribution is 2.26. The van der Waals surface area contributed by atoms with Crippen molar-refractivity contribution < 1.29 is 9.90 Å². The molecule has 0 radical (unpaired) electrons. The number of carbonyl (C=O) groups excluding carboxylic acids is 1. The Morgan fingerprint density at radius 1 is 1.50 bits per heavy atom. The van der Waals surface area contributed by atoms with E-state index in [1.807, 2.05) is 19.9 Å². The van der Waals surface area contributed by atoms with E-state index in [4.69, 9.17) is 0 Å². The fourth-order valence-electron chi connectivity index (χ4n) is 2.79. The van der Waals surface area contributed by atoms with Crippen molar-refractivity contribution in [3.63, 3.8) is 0 Å². The second-order valence-electron chi connectivity index (χ2n) is 5.51. The summed E-state index contributed by atoms with van der Waals surface area (Å²) in [6, 6.07) is 5.18. The number of hydrogen-bond acceptors (Lipinski definition) is 3. The summed E-state index contributed by atoms with van der Waals surface area (Å²) in [6.45, 7) is 6.67. The van der Waals surface area contributed by atoms with E-state index in [0.717, 1.165) is 30.8 Å². The predicted molar refractivity (Wildman–Crippen MR) is 81.1 cm³/mol. The van der Waals surface area contributed by atoms with E-state index in [0.29, 0.717) is 18.9 Å². The molecule has 1 unspecified atom stereocenters. The van der Waals surface area contributed by atoms with Gasteiger partial charge in [-0.3, -0.25) is 4.79 Å². The summed E-state index contributed by atoms with van der Waals surface area (Å²) in [5, 5.41) is 12.9. The van der Waals surface area contributed by atoms with Gasteiger partial charge in [-0.05, 0) is 57.3 Å². The normalized spacial score (nSPS) is 18.2. The monoisotopic (exact) mass is 276 g/mol. The van der Waals surface area contributed by atoms with Gasteiger partial charge in [-0.2, -0.15) is 0 Å². The molecule has 1 aliphatic heterocycles. The molecule has 110 valence electrons. The first-order valence-corrected chi connectivity index (χ1v) is 7.42. The Balaban J connectivity index is 2.02. The van der Waals surface area contributed by atoms with Gasteiger partial charge in [0.1, 0.15) is 5.75 Å². The Morgan fingerprint density at radius 3 is 2.95 bits per heavy atom. The van der Waals surface area contributed by atoms with E-state index in [2.05, 4.69) is 5.32 Å². The van der Waals surface area contributed by atoms with Crippen LogP contribution in [0, 0.1) is 12.8 Å². The first kappa shape index (κ1) is 14.9. The SMILES string of the molecule is CCN(C(=O)CCC1CCNC1)c1cc(O)ccc1C. The molecule has 1 atom stereocenters. The minimum Gasteiger partial charge on any atom is -0.508 e. The molecule has 0 bridgehead atoms. The fourth-order valence-corrected chi connectivity index (χ4v) is 2.79. The molecule has 1 aromatic carbocycles. The average molecular weight is 276 g/mol. The van der Waals surface area contributed by atoms with Gasteiger partial charge < -0.3 is 15.3 Å². The van der Waals surface area contributed by atoms with Crippen LogP contribution in [0.25, 0.3) is 0 Å². The van der Waals surface area contributed by atoms with Crippen LogP contribution in [0.15, 0.2) is 18.2 Å². The van der Waals surface area contributed by atoms with Gasteiger partial charge in [-0.15, -0.1) is 0 Å². The van der Waals surface area contributed by atoms with Crippen molar-refractivity contribution in [1.82, 2.24) is 5.32 Å². The molecule has 1 aliphatic rings. The molecule has 1 amide bonds. The molecule has 1 saturated heterocycles. The largest absolute Gasteiger partial charge is 0.508 e. The highest BCUT2D eigenvalue weighted by molar-refractivity contribution is 5.94. The van der Waals surface area contributed by atoms with Gasteiger partial charge in [0.2, 0.25) is 5.91 Å². The van der Waals surface area contributed by atoms with Crippen LogP contribution in [0.3, 0.4) is 0 Å². The average Bonchev–Trinajstić information content (AvgIpc) is 2.94. The summed E-state index contributed by atoms with van der Waals surface area (Å²) < 4.78 is 0. The van der Waals surface area contributed by atoms with Crippen LogP contribution in [-0.2, 0) is 4.79 Å². The van der Waals surface area contributed by atoms with Crippen LogP contribution in [0.5, 0.6) is 5.75 Å². The van der Waals surface area contributed by atoms with Gasteiger partial charge in [0.05, 0.1) is 5.69 Å². The number of nitrogens with zero attached hydrogens (tertiary/aromatic N) is 1. The van der Waals surface area contributed by atoms with E-state index >= 15 is 0 Å². The lowest BCUT2D eigenvalue weighted by atomic mass is 10.0. The molecule has 1 heterocycles. The van der Waals surface area contributed by atoms with Crippen molar-refractivity contribution in [2.45, 2.75) is 33.1 Å². The number of hydrogen-bond donors (Lipinski definition) is 2. The zero-order chi connectivity index (χ0) is 14.5. The smallest absolute Gasteiger partial charge is 0.226 e. The zero-order valence-electron chi connectivity index (χ0n) is 12.4. The van der Waals surface area contributed by atoms with Gasteiger partial charge in [0.15, 0.2) is 0 Å². The third-order valence-corrected chi connectivity index (χ3v) is 4.03. The van der Waals surface area contributed by atoms with Crippen LogP contribution < -0.4 is 10.2 Å². The van der Waals surface area contributed by atoms with Gasteiger partial charge >= 0.3 is 0 Å². The third-order valence-electron chi connectivity index (χ3n) is 4.03. The number of carbonyl (C=O) groups is 1. The van der Waals surface area contributed by atoms with Crippen LogP contribution in [0.4, 0.5) is 5.69 Å². The lowest BCUT2D eigenvalue weighted by Crippen LogP contribution is -2.31. The Labute approximate surface area is 120 Å². The highest BCUT2D eigenvalue weighted by atomic mass is 16.3. The minimum atomic E-state index is 0.146. The summed E-state index contributed by atoms with van der Waals surface area (Å²) in [5.41, 5.74) is 1.84. The van der Waals surface area contributed by atoms with Crippen molar-refractivity contribution in [3.8, 4) is 5.75 Å². The molecular weight excluding hydrogens is 252 g/mol. The Hall–Kier alpha value is -1.55. The standard InChI is InChI=1S/C16H24N2O2/c1-3-18(15-10-14(19)6-4-12(15)2)16(20)7-5-13-8-9-17-11-13/h4,6,10,13,17,19H,3,5,7-9,11H2,1-2H3. The predicted octanol–water partition coefficient (Wildman–Crippen LogP) is 2.44. The van der Waals surface area contributed by atoms with Crippen LogP contribution in [0.2, 0.25) is 0 Å². The Kier molecular flexibility index (Phi) is 5.01. The van der Waals surface area contributed by atoms with Crippen molar-refractivity contribution in [2.75, 3.05) is 24.5 Å². The molecule has 0 saturated carbocycles. The van der Waals surface area contributed by atoms with Crippen molar-refractivity contribution in [2.24, 2.45) is 5.92 Å². The van der Waals surface area contributed by atoms with Crippen molar-refractivity contribution in [3.05, 3.63) is 23.8 Å². The summed E-state index contributed by atoms with van der Waals surface area (Å²) in [4.78, 5) is 14.2. The number of aromatic hydroxyl groups is 1. The summed E-state index contributed by atoms with van der Waals surface area (Å²) in [5.74, 6) is 0.980. The third kappa shape index (κ3) is 3.51. The molecule has 2 N–H and O–H groups in total. The summed E-state index contributed by atoms with van der Waals surface area (Å²) >= 11 is 0. The molecule has 4 nitrogen and oxygen atoms in total. The fraction of sp³-hybridized carbons (Fsp3) is 0.562. The Bertz CT molecular complexity index is 468. The number of aryl methyl sites for hydroxylation is 1. The topological polar surface area (TPSA) is 52.6 Å². The first-order chi connectivity index (χ1) is 9.61.